The Morgan fingerprint density at radius 3 is 2.26 bits per heavy atom. The number of hydrogen-bond donors (Lipinski definition) is 0. The Morgan fingerprint density at radius 2 is 1.70 bits per heavy atom. The number of ether oxygens (including phenoxy) is 2. The molecule has 0 radical (unpaired) electrons. The van der Waals surface area contributed by atoms with Crippen LogP contribution in [0, 0.1) is 0 Å². The van der Waals surface area contributed by atoms with Crippen molar-refractivity contribution >= 4 is 5.97 Å². The third-order valence-corrected chi connectivity index (χ3v) is 3.86. The van der Waals surface area contributed by atoms with Gasteiger partial charge in [0.05, 0.1) is 13.0 Å². The summed E-state index contributed by atoms with van der Waals surface area (Å²) in [6.07, 6.45) is 0. The molecule has 23 heavy (non-hydrogen) atoms. The molecule has 0 saturated heterocycles. The van der Waals surface area contributed by atoms with E-state index >= 15 is 0 Å². The van der Waals surface area contributed by atoms with Crippen molar-refractivity contribution in [2.45, 2.75) is 39.0 Å². The minimum absolute atomic E-state index is 0.153. The minimum Gasteiger partial charge on any atom is -0.497 e. The Labute approximate surface area is 138 Å². The average Bonchev–Trinajstić information content (AvgIpc) is 2.54. The van der Waals surface area contributed by atoms with Gasteiger partial charge < -0.3 is 9.47 Å². The number of methoxy groups -OCH3 is 1. The average molecular weight is 312 g/mol. The maximum Gasteiger partial charge on any atom is 0.318 e. The summed E-state index contributed by atoms with van der Waals surface area (Å²) in [5.41, 5.74) is 1.74. The molecule has 2 aromatic carbocycles. The summed E-state index contributed by atoms with van der Waals surface area (Å²) in [7, 11) is 1.63. The van der Waals surface area contributed by atoms with Crippen molar-refractivity contribution in [3.8, 4) is 11.5 Å². The first-order valence-electron chi connectivity index (χ1n) is 7.78. The molecule has 2 aromatic rings. The second-order valence-electron chi connectivity index (χ2n) is 6.67. The molecule has 0 aliphatic rings. The zero-order valence-corrected chi connectivity index (χ0v) is 14.4. The first kappa shape index (κ1) is 17.1. The van der Waals surface area contributed by atoms with Crippen LogP contribution in [0.4, 0.5) is 0 Å². The van der Waals surface area contributed by atoms with Crippen LogP contribution in [-0.2, 0) is 10.2 Å². The molecule has 0 heterocycles. The fourth-order valence-corrected chi connectivity index (χ4v) is 2.39. The van der Waals surface area contributed by atoms with Gasteiger partial charge >= 0.3 is 5.97 Å². The van der Waals surface area contributed by atoms with Crippen LogP contribution in [0.3, 0.4) is 0 Å². The van der Waals surface area contributed by atoms with Crippen LogP contribution >= 0.6 is 0 Å². The van der Waals surface area contributed by atoms with Crippen molar-refractivity contribution in [2.75, 3.05) is 7.11 Å². The number of rotatable bonds is 4. The Morgan fingerprint density at radius 1 is 1.04 bits per heavy atom. The number of carbonyl (C=O) groups is 1. The molecular weight excluding hydrogens is 288 g/mol. The van der Waals surface area contributed by atoms with Gasteiger partial charge in [-0.3, -0.25) is 4.79 Å². The molecule has 0 aliphatic heterocycles. The second kappa shape index (κ2) is 6.86. The van der Waals surface area contributed by atoms with E-state index in [2.05, 4.69) is 20.8 Å². The van der Waals surface area contributed by atoms with Gasteiger partial charge in [-0.25, -0.2) is 0 Å². The number of esters is 1. The van der Waals surface area contributed by atoms with Gasteiger partial charge in [0.15, 0.2) is 0 Å². The first-order chi connectivity index (χ1) is 10.8. The normalized spacial score (nSPS) is 12.6. The highest BCUT2D eigenvalue weighted by atomic mass is 16.5. The Balaban J connectivity index is 2.27. The van der Waals surface area contributed by atoms with Crippen molar-refractivity contribution < 1.29 is 14.3 Å². The van der Waals surface area contributed by atoms with Gasteiger partial charge in [0.1, 0.15) is 11.5 Å². The lowest BCUT2D eigenvalue weighted by Crippen LogP contribution is -2.20. The minimum atomic E-state index is -0.314. The van der Waals surface area contributed by atoms with E-state index in [0.717, 1.165) is 16.9 Å². The molecule has 1 atom stereocenters. The van der Waals surface area contributed by atoms with Gasteiger partial charge in [0.2, 0.25) is 0 Å². The van der Waals surface area contributed by atoms with E-state index in [1.807, 2.05) is 49.4 Å². The standard InChI is InChI=1S/C20H24O3/c1-14(15-9-7-6-8-10-15)19(21)23-18-12-11-16(22-5)13-17(18)20(2,3)4/h6-14H,1-5H3. The molecule has 1 unspecified atom stereocenters. The molecule has 0 fully saturated rings. The van der Waals surface area contributed by atoms with Gasteiger partial charge in [0.25, 0.3) is 0 Å². The van der Waals surface area contributed by atoms with Gasteiger partial charge in [-0.2, -0.15) is 0 Å². The lowest BCUT2D eigenvalue weighted by atomic mass is 9.86. The molecule has 0 N–H and O–H groups in total. The van der Waals surface area contributed by atoms with Crippen LogP contribution in [0.15, 0.2) is 48.5 Å². The molecule has 0 aromatic heterocycles. The highest BCUT2D eigenvalue weighted by molar-refractivity contribution is 5.80. The zero-order valence-electron chi connectivity index (χ0n) is 14.4. The summed E-state index contributed by atoms with van der Waals surface area (Å²) in [6, 6.07) is 15.2. The third-order valence-electron chi connectivity index (χ3n) is 3.86. The largest absolute Gasteiger partial charge is 0.497 e. The summed E-state index contributed by atoms with van der Waals surface area (Å²) < 4.78 is 11.0. The Hall–Kier alpha value is -2.29. The van der Waals surface area contributed by atoms with E-state index in [4.69, 9.17) is 9.47 Å². The fraction of sp³-hybridized carbons (Fsp3) is 0.350. The highest BCUT2D eigenvalue weighted by Crippen LogP contribution is 2.35. The van der Waals surface area contributed by atoms with Crippen LogP contribution in [0.25, 0.3) is 0 Å². The SMILES string of the molecule is COc1ccc(OC(=O)C(C)c2ccccc2)c(C(C)(C)C)c1. The van der Waals surface area contributed by atoms with E-state index in [1.165, 1.54) is 0 Å². The maximum absolute atomic E-state index is 12.5. The van der Waals surface area contributed by atoms with Crippen molar-refractivity contribution in [3.05, 3.63) is 59.7 Å². The molecule has 0 aliphatic carbocycles. The van der Waals surface area contributed by atoms with Gasteiger partial charge in [0, 0.05) is 5.56 Å². The predicted octanol–water partition coefficient (Wildman–Crippen LogP) is 4.70. The van der Waals surface area contributed by atoms with Crippen LogP contribution in [0.2, 0.25) is 0 Å². The van der Waals surface area contributed by atoms with Crippen molar-refractivity contribution in [3.63, 3.8) is 0 Å². The Bertz CT molecular complexity index is 669. The third kappa shape index (κ3) is 4.13. The first-order valence-corrected chi connectivity index (χ1v) is 7.78. The predicted molar refractivity (Wildman–Crippen MR) is 92.2 cm³/mol. The number of benzene rings is 2. The summed E-state index contributed by atoms with van der Waals surface area (Å²) in [4.78, 5) is 12.5. The lowest BCUT2D eigenvalue weighted by Gasteiger charge is -2.23. The van der Waals surface area contributed by atoms with E-state index < -0.39 is 0 Å². The number of carbonyl (C=O) groups excluding carboxylic acids is 1. The van der Waals surface area contributed by atoms with Gasteiger partial charge in [-0.15, -0.1) is 0 Å². The topological polar surface area (TPSA) is 35.5 Å². The summed E-state index contributed by atoms with van der Waals surface area (Å²) >= 11 is 0. The van der Waals surface area contributed by atoms with Crippen molar-refractivity contribution in [1.82, 2.24) is 0 Å². The van der Waals surface area contributed by atoms with Crippen LogP contribution in [0.5, 0.6) is 11.5 Å². The van der Waals surface area contributed by atoms with E-state index in [9.17, 15) is 4.79 Å². The van der Waals surface area contributed by atoms with Crippen LogP contribution < -0.4 is 9.47 Å². The lowest BCUT2D eigenvalue weighted by molar-refractivity contribution is -0.135. The maximum atomic E-state index is 12.5. The molecule has 0 bridgehead atoms. The second-order valence-corrected chi connectivity index (χ2v) is 6.67. The molecular formula is C20H24O3. The molecule has 0 amide bonds. The van der Waals surface area contributed by atoms with Crippen molar-refractivity contribution in [1.29, 1.82) is 0 Å². The fourth-order valence-electron chi connectivity index (χ4n) is 2.39. The summed E-state index contributed by atoms with van der Waals surface area (Å²) in [5.74, 6) is 0.773. The van der Waals surface area contributed by atoms with Gasteiger partial charge in [-0.1, -0.05) is 51.1 Å². The highest BCUT2D eigenvalue weighted by Gasteiger charge is 2.24. The smallest absolute Gasteiger partial charge is 0.318 e. The molecule has 122 valence electrons. The molecule has 0 spiro atoms. The quantitative estimate of drug-likeness (QED) is 0.606. The van der Waals surface area contributed by atoms with E-state index in [1.54, 1.807) is 13.2 Å². The summed E-state index contributed by atoms with van der Waals surface area (Å²) in [6.45, 7) is 8.11. The van der Waals surface area contributed by atoms with Crippen LogP contribution in [-0.4, -0.2) is 13.1 Å². The van der Waals surface area contributed by atoms with Gasteiger partial charge in [-0.05, 0) is 36.1 Å². The molecule has 0 saturated carbocycles. The van der Waals surface area contributed by atoms with Crippen molar-refractivity contribution in [2.24, 2.45) is 0 Å². The van der Waals surface area contributed by atoms with E-state index in [0.29, 0.717) is 5.75 Å². The molecule has 3 nitrogen and oxygen atoms in total. The number of hydrogen-bond acceptors (Lipinski definition) is 3. The summed E-state index contributed by atoms with van der Waals surface area (Å²) in [5, 5.41) is 0. The van der Waals surface area contributed by atoms with E-state index in [-0.39, 0.29) is 17.3 Å². The monoisotopic (exact) mass is 312 g/mol. The zero-order chi connectivity index (χ0) is 17.0. The molecule has 3 heteroatoms. The van der Waals surface area contributed by atoms with Crippen LogP contribution in [0.1, 0.15) is 44.7 Å². The molecule has 2 rings (SSSR count). The Kier molecular flexibility index (Phi) is 5.09.